The summed E-state index contributed by atoms with van der Waals surface area (Å²) in [6.07, 6.45) is 3.53. The van der Waals surface area contributed by atoms with Crippen LogP contribution in [-0.4, -0.2) is 56.6 Å². The maximum Gasteiger partial charge on any atom is 0.337 e. The second-order valence-corrected chi connectivity index (χ2v) is 12.3. The van der Waals surface area contributed by atoms with Crippen molar-refractivity contribution in [2.45, 2.75) is 97.2 Å². The highest BCUT2D eigenvalue weighted by molar-refractivity contribution is 5.78. The third-order valence-electron chi connectivity index (χ3n) is 7.85. The fourth-order valence-corrected chi connectivity index (χ4v) is 5.71. The van der Waals surface area contributed by atoms with Crippen LogP contribution in [-0.2, 0) is 38.6 Å². The van der Waals surface area contributed by atoms with E-state index < -0.39 is 17.7 Å². The van der Waals surface area contributed by atoms with E-state index in [0.29, 0.717) is 43.2 Å². The number of hydrogen-bond acceptors (Lipinski definition) is 7. The summed E-state index contributed by atoms with van der Waals surface area (Å²) < 4.78 is 20.5. The quantitative estimate of drug-likeness (QED) is 0.463. The molecule has 5 heterocycles. The molecule has 0 aliphatic carbocycles. The Morgan fingerprint density at radius 2 is 1.85 bits per heavy atom. The molecule has 1 aromatic carbocycles. The highest BCUT2D eigenvalue weighted by atomic mass is 16.5. The van der Waals surface area contributed by atoms with Crippen molar-refractivity contribution >= 4 is 17.4 Å². The minimum absolute atomic E-state index is 0.224. The summed E-state index contributed by atoms with van der Waals surface area (Å²) in [6.45, 7) is 12.6. The molecule has 0 saturated carbocycles. The highest BCUT2D eigenvalue weighted by Crippen LogP contribution is 2.37. The number of nitrogens with zero attached hydrogens (tertiary/aromatic N) is 4. The Morgan fingerprint density at radius 3 is 2.55 bits per heavy atom. The monoisotopic (exact) mass is 550 g/mol. The number of carboxylic acids is 1. The molecule has 1 saturated heterocycles. The number of carboxylic acid groups (broad SMARTS) is 1. The fraction of sp³-hybridized carbons (Fsp3) is 0.581. The molecule has 1 fully saturated rings. The standard InChI is InChI=1S/C31H42N4O5/c1-21-26(27(29(36)37)40-30(2,3)4)28-34-15-13-31(5,14-16-34)39-17-9-8-11-22-10-6-7-12-23(22)19-38-20-24-18-25(32-21)35(28)33-24/h6-7,10,12,18,27H,8-9,11,13-17,19-20H2,1-5H3,(H,36,37). The maximum atomic E-state index is 12.6. The van der Waals surface area contributed by atoms with E-state index in [-0.39, 0.29) is 5.60 Å². The van der Waals surface area contributed by atoms with E-state index >= 15 is 0 Å². The number of hydrogen-bond donors (Lipinski definition) is 1. The van der Waals surface area contributed by atoms with E-state index in [1.807, 2.05) is 39.8 Å². The lowest BCUT2D eigenvalue weighted by molar-refractivity contribution is -0.160. The first-order valence-electron chi connectivity index (χ1n) is 14.4. The van der Waals surface area contributed by atoms with Crippen LogP contribution < -0.4 is 4.90 Å². The Bertz CT molecular complexity index is 1350. The number of aromatic nitrogens is 3. The smallest absolute Gasteiger partial charge is 0.337 e. The molecule has 3 aliphatic rings. The number of carbonyl (C=O) groups is 1. The molecule has 216 valence electrons. The normalized spacial score (nSPS) is 19.3. The van der Waals surface area contributed by atoms with Crippen LogP contribution in [0.25, 0.3) is 5.65 Å². The Labute approximate surface area is 236 Å². The van der Waals surface area contributed by atoms with Crippen LogP contribution in [0.2, 0.25) is 0 Å². The van der Waals surface area contributed by atoms with Crippen LogP contribution in [0.1, 0.15) is 87.6 Å². The molecule has 9 heteroatoms. The van der Waals surface area contributed by atoms with Gasteiger partial charge in [-0.3, -0.25) is 0 Å². The first kappa shape index (κ1) is 28.5. The van der Waals surface area contributed by atoms with Gasteiger partial charge in [-0.1, -0.05) is 24.3 Å². The number of piperidine rings is 1. The third-order valence-corrected chi connectivity index (χ3v) is 7.85. The SMILES string of the molecule is Cc1nc2cc3nn2c(c1C(OC(C)(C)C)C(=O)O)N1CCC(C)(CC1)OCCCCc1ccccc1COC3. The van der Waals surface area contributed by atoms with Gasteiger partial charge in [-0.2, -0.15) is 9.61 Å². The van der Waals surface area contributed by atoms with Crippen molar-refractivity contribution in [3.05, 3.63) is 58.4 Å². The van der Waals surface area contributed by atoms with Gasteiger partial charge in [0.2, 0.25) is 0 Å². The number of fused-ring (bicyclic) bond motifs is 8. The van der Waals surface area contributed by atoms with Crippen molar-refractivity contribution in [1.29, 1.82) is 0 Å². The largest absolute Gasteiger partial charge is 0.479 e. The highest BCUT2D eigenvalue weighted by Gasteiger charge is 2.37. The van der Waals surface area contributed by atoms with E-state index in [1.54, 1.807) is 4.52 Å². The summed E-state index contributed by atoms with van der Waals surface area (Å²) in [4.78, 5) is 19.6. The molecule has 0 amide bonds. The minimum atomic E-state index is -1.19. The van der Waals surface area contributed by atoms with Crippen molar-refractivity contribution in [1.82, 2.24) is 14.6 Å². The maximum absolute atomic E-state index is 12.6. The summed E-state index contributed by atoms with van der Waals surface area (Å²) in [7, 11) is 0. The summed E-state index contributed by atoms with van der Waals surface area (Å²) in [5.74, 6) is -0.326. The topological polar surface area (TPSA) is 98.4 Å². The van der Waals surface area contributed by atoms with Crippen molar-refractivity contribution in [3.8, 4) is 0 Å². The van der Waals surface area contributed by atoms with Crippen LogP contribution in [0.15, 0.2) is 30.3 Å². The van der Waals surface area contributed by atoms with Crippen LogP contribution in [0.5, 0.6) is 0 Å². The van der Waals surface area contributed by atoms with E-state index in [4.69, 9.17) is 24.3 Å². The van der Waals surface area contributed by atoms with Gasteiger partial charge in [-0.05, 0) is 77.8 Å². The summed E-state index contributed by atoms with van der Waals surface area (Å²) in [6, 6.07) is 10.4. The van der Waals surface area contributed by atoms with Crippen LogP contribution in [0.3, 0.4) is 0 Å². The average molecular weight is 551 g/mol. The molecular formula is C31H42N4O5. The number of benzene rings is 1. The Kier molecular flexibility index (Phi) is 8.17. The van der Waals surface area contributed by atoms with Gasteiger partial charge < -0.3 is 24.2 Å². The summed E-state index contributed by atoms with van der Waals surface area (Å²) in [5.41, 5.74) is 4.18. The zero-order chi connectivity index (χ0) is 28.5. The predicted octanol–water partition coefficient (Wildman–Crippen LogP) is 5.41. The molecule has 0 radical (unpaired) electrons. The van der Waals surface area contributed by atoms with Gasteiger partial charge in [-0.15, -0.1) is 0 Å². The molecule has 3 aliphatic heterocycles. The van der Waals surface area contributed by atoms with Crippen molar-refractivity contribution in [3.63, 3.8) is 0 Å². The van der Waals surface area contributed by atoms with E-state index in [1.165, 1.54) is 11.1 Å². The number of anilines is 1. The minimum Gasteiger partial charge on any atom is -0.479 e. The van der Waals surface area contributed by atoms with Crippen LogP contribution >= 0.6 is 0 Å². The molecule has 40 heavy (non-hydrogen) atoms. The van der Waals surface area contributed by atoms with Gasteiger partial charge >= 0.3 is 5.97 Å². The van der Waals surface area contributed by atoms with Crippen molar-refractivity contribution in [2.75, 3.05) is 24.6 Å². The van der Waals surface area contributed by atoms with Crippen LogP contribution in [0, 0.1) is 6.92 Å². The lowest BCUT2D eigenvalue weighted by Crippen LogP contribution is -2.46. The lowest BCUT2D eigenvalue weighted by atomic mass is 9.92. The van der Waals surface area contributed by atoms with Gasteiger partial charge in [0.1, 0.15) is 5.82 Å². The zero-order valence-electron chi connectivity index (χ0n) is 24.4. The molecule has 4 bridgehead atoms. The molecule has 1 N–H and O–H groups in total. The molecule has 1 atom stereocenters. The summed E-state index contributed by atoms with van der Waals surface area (Å²) in [5, 5.41) is 15.2. The van der Waals surface area contributed by atoms with E-state index in [0.717, 1.165) is 50.2 Å². The molecule has 9 nitrogen and oxygen atoms in total. The fourth-order valence-electron chi connectivity index (χ4n) is 5.71. The van der Waals surface area contributed by atoms with Gasteiger partial charge in [-0.25, -0.2) is 9.78 Å². The van der Waals surface area contributed by atoms with Gasteiger partial charge in [0.15, 0.2) is 11.8 Å². The second-order valence-electron chi connectivity index (χ2n) is 12.3. The first-order valence-corrected chi connectivity index (χ1v) is 14.4. The molecule has 1 unspecified atom stereocenters. The van der Waals surface area contributed by atoms with Crippen molar-refractivity contribution in [2.24, 2.45) is 0 Å². The molecule has 0 spiro atoms. The second kappa shape index (κ2) is 11.5. The molecule has 3 aromatic rings. The number of aliphatic carboxylic acids is 1. The van der Waals surface area contributed by atoms with E-state index in [9.17, 15) is 9.90 Å². The number of rotatable bonds is 3. The zero-order valence-corrected chi connectivity index (χ0v) is 24.4. The third kappa shape index (κ3) is 6.32. The predicted molar refractivity (Wildman–Crippen MR) is 153 cm³/mol. The Hall–Kier alpha value is -3.01. The van der Waals surface area contributed by atoms with E-state index in [2.05, 4.69) is 30.0 Å². The van der Waals surface area contributed by atoms with Gasteiger partial charge in [0.05, 0.1) is 35.7 Å². The van der Waals surface area contributed by atoms with Gasteiger partial charge in [0, 0.05) is 31.5 Å². The average Bonchev–Trinajstić information content (AvgIpc) is 3.29. The van der Waals surface area contributed by atoms with Gasteiger partial charge in [0.25, 0.3) is 0 Å². The van der Waals surface area contributed by atoms with Crippen molar-refractivity contribution < 1.29 is 24.1 Å². The Morgan fingerprint density at radius 1 is 1.12 bits per heavy atom. The summed E-state index contributed by atoms with van der Waals surface area (Å²) >= 11 is 0. The molecule has 6 rings (SSSR count). The Balaban J connectivity index is 1.58. The molecular weight excluding hydrogens is 508 g/mol. The first-order chi connectivity index (χ1) is 19.0. The van der Waals surface area contributed by atoms with Crippen LogP contribution in [0.4, 0.5) is 5.82 Å². The molecule has 2 aromatic heterocycles. The number of aryl methyl sites for hydroxylation is 2. The number of ether oxygens (including phenoxy) is 3. The lowest BCUT2D eigenvalue weighted by Gasteiger charge is -2.41.